The van der Waals surface area contributed by atoms with Crippen LogP contribution >= 0.6 is 11.8 Å². The number of thioether (sulfide) groups is 1. The fourth-order valence-electron chi connectivity index (χ4n) is 3.16. The van der Waals surface area contributed by atoms with Gasteiger partial charge in [-0.25, -0.2) is 9.78 Å². The van der Waals surface area contributed by atoms with E-state index in [1.807, 2.05) is 67.6 Å². The van der Waals surface area contributed by atoms with Crippen LogP contribution in [0.3, 0.4) is 0 Å². The van der Waals surface area contributed by atoms with Gasteiger partial charge in [-0.05, 0) is 31.5 Å². The second-order valence-corrected chi connectivity index (χ2v) is 8.52. The maximum atomic E-state index is 12.8. The third-order valence-electron chi connectivity index (χ3n) is 4.89. The van der Waals surface area contributed by atoms with E-state index < -0.39 is 29.8 Å². The van der Waals surface area contributed by atoms with Crippen molar-refractivity contribution in [3.63, 3.8) is 0 Å². The van der Waals surface area contributed by atoms with Crippen LogP contribution in [-0.4, -0.2) is 41.2 Å². The Morgan fingerprint density at radius 1 is 1.00 bits per heavy atom. The van der Waals surface area contributed by atoms with Crippen LogP contribution in [0.2, 0.25) is 0 Å². The molecule has 0 bridgehead atoms. The van der Waals surface area contributed by atoms with Crippen LogP contribution in [0.1, 0.15) is 35.1 Å². The standard InChI is InChI=1S/C25H26N2O5S/c1-16(27-24(29)21-22(28)20(31-3)14-15-26-21)25(30)32-17(2)23(18-10-6-4-7-11-18)33-19-12-8-5-9-13-19/h4-17,23,28H,1-3H3,(H,27,29)/t16-,17-,23-/m0/s1. The average molecular weight is 467 g/mol. The Morgan fingerprint density at radius 2 is 1.64 bits per heavy atom. The molecule has 1 aromatic heterocycles. The minimum absolute atomic E-state index is 0.114. The molecule has 2 N–H and O–H groups in total. The number of hydrogen-bond acceptors (Lipinski definition) is 7. The summed E-state index contributed by atoms with van der Waals surface area (Å²) in [6, 6.07) is 20.2. The fraction of sp³-hybridized carbons (Fsp3) is 0.240. The zero-order valence-electron chi connectivity index (χ0n) is 18.6. The summed E-state index contributed by atoms with van der Waals surface area (Å²) in [6.07, 6.45) is 0.858. The predicted octanol–water partition coefficient (Wildman–Crippen LogP) is 4.38. The van der Waals surface area contributed by atoms with E-state index in [1.54, 1.807) is 11.8 Å². The van der Waals surface area contributed by atoms with Gasteiger partial charge in [0.25, 0.3) is 5.91 Å². The molecule has 0 aliphatic carbocycles. The molecule has 0 radical (unpaired) electrons. The summed E-state index contributed by atoms with van der Waals surface area (Å²) >= 11 is 1.60. The molecule has 0 unspecified atom stereocenters. The lowest BCUT2D eigenvalue weighted by atomic mass is 10.1. The van der Waals surface area contributed by atoms with Gasteiger partial charge in [0.1, 0.15) is 12.1 Å². The number of pyridine rings is 1. The van der Waals surface area contributed by atoms with Gasteiger partial charge in [0.2, 0.25) is 0 Å². The largest absolute Gasteiger partial charge is 0.503 e. The maximum Gasteiger partial charge on any atom is 0.328 e. The number of carbonyl (C=O) groups excluding carboxylic acids is 2. The average Bonchev–Trinajstić information content (AvgIpc) is 2.83. The van der Waals surface area contributed by atoms with Gasteiger partial charge in [-0.1, -0.05) is 48.5 Å². The van der Waals surface area contributed by atoms with Crippen molar-refractivity contribution in [2.45, 2.75) is 36.1 Å². The van der Waals surface area contributed by atoms with E-state index in [0.29, 0.717) is 0 Å². The summed E-state index contributed by atoms with van der Waals surface area (Å²) in [7, 11) is 1.37. The lowest BCUT2D eigenvalue weighted by molar-refractivity contribution is -0.150. The molecule has 8 heteroatoms. The van der Waals surface area contributed by atoms with Crippen LogP contribution < -0.4 is 10.1 Å². The lowest BCUT2D eigenvalue weighted by Gasteiger charge is -2.25. The lowest BCUT2D eigenvalue weighted by Crippen LogP contribution is -2.41. The fourth-order valence-corrected chi connectivity index (χ4v) is 4.31. The Labute approximate surface area is 197 Å². The molecule has 0 saturated carbocycles. The molecule has 7 nitrogen and oxygen atoms in total. The molecular weight excluding hydrogens is 440 g/mol. The normalized spacial score (nSPS) is 13.4. The number of nitrogens with one attached hydrogen (secondary N) is 1. The Kier molecular flexibility index (Phi) is 8.32. The molecule has 0 aliphatic rings. The Balaban J connectivity index is 1.69. The van der Waals surface area contributed by atoms with E-state index in [-0.39, 0.29) is 16.7 Å². The highest BCUT2D eigenvalue weighted by atomic mass is 32.2. The van der Waals surface area contributed by atoms with Gasteiger partial charge in [-0.3, -0.25) is 4.79 Å². The van der Waals surface area contributed by atoms with Crippen LogP contribution in [0, 0.1) is 0 Å². The number of rotatable bonds is 9. The number of amides is 1. The molecule has 1 amide bonds. The van der Waals surface area contributed by atoms with Crippen molar-refractivity contribution in [1.29, 1.82) is 0 Å². The summed E-state index contributed by atoms with van der Waals surface area (Å²) in [5.41, 5.74) is 0.790. The Hall–Kier alpha value is -3.52. The third-order valence-corrected chi connectivity index (χ3v) is 6.34. The zero-order chi connectivity index (χ0) is 23.8. The molecule has 172 valence electrons. The molecule has 3 atom stereocenters. The van der Waals surface area contributed by atoms with Gasteiger partial charge in [0, 0.05) is 17.2 Å². The molecule has 3 aromatic rings. The van der Waals surface area contributed by atoms with Gasteiger partial charge >= 0.3 is 5.97 Å². The molecule has 2 aromatic carbocycles. The predicted molar refractivity (Wildman–Crippen MR) is 126 cm³/mol. The minimum atomic E-state index is -0.953. The second-order valence-electron chi connectivity index (χ2n) is 7.31. The van der Waals surface area contributed by atoms with E-state index in [1.165, 1.54) is 26.3 Å². The number of hydrogen-bond donors (Lipinski definition) is 2. The zero-order valence-corrected chi connectivity index (χ0v) is 19.4. The summed E-state index contributed by atoms with van der Waals surface area (Å²) in [4.78, 5) is 30.2. The molecule has 0 saturated heterocycles. The number of ether oxygens (including phenoxy) is 2. The van der Waals surface area contributed by atoms with E-state index in [4.69, 9.17) is 9.47 Å². The SMILES string of the molecule is COc1ccnc(C(=O)N[C@@H](C)C(=O)O[C@@H](C)[C@H](Sc2ccccc2)c2ccccc2)c1O. The van der Waals surface area contributed by atoms with Gasteiger partial charge in [-0.2, -0.15) is 0 Å². The molecule has 0 fully saturated rings. The first-order valence-electron chi connectivity index (χ1n) is 10.4. The van der Waals surface area contributed by atoms with Gasteiger partial charge in [0.05, 0.1) is 12.4 Å². The second kappa shape index (κ2) is 11.4. The highest BCUT2D eigenvalue weighted by Gasteiger charge is 2.28. The molecule has 33 heavy (non-hydrogen) atoms. The number of aromatic hydroxyl groups is 1. The van der Waals surface area contributed by atoms with Crippen molar-refractivity contribution in [1.82, 2.24) is 10.3 Å². The van der Waals surface area contributed by atoms with Gasteiger partial charge in [-0.15, -0.1) is 11.8 Å². The van der Waals surface area contributed by atoms with Crippen molar-refractivity contribution in [2.75, 3.05) is 7.11 Å². The smallest absolute Gasteiger partial charge is 0.328 e. The summed E-state index contributed by atoms with van der Waals surface area (Å²) in [5, 5.41) is 12.5. The van der Waals surface area contributed by atoms with Gasteiger partial charge in [0.15, 0.2) is 17.2 Å². The monoisotopic (exact) mass is 466 g/mol. The van der Waals surface area contributed by atoms with E-state index >= 15 is 0 Å². The first kappa shape index (κ1) is 24.1. The number of carbonyl (C=O) groups is 2. The Bertz CT molecular complexity index is 1080. The van der Waals surface area contributed by atoms with E-state index in [0.717, 1.165) is 10.5 Å². The van der Waals surface area contributed by atoms with Crippen molar-refractivity contribution in [2.24, 2.45) is 0 Å². The van der Waals surface area contributed by atoms with Crippen molar-refractivity contribution < 1.29 is 24.2 Å². The maximum absolute atomic E-state index is 12.8. The van der Waals surface area contributed by atoms with Crippen LogP contribution in [0.4, 0.5) is 0 Å². The van der Waals surface area contributed by atoms with Crippen LogP contribution in [-0.2, 0) is 9.53 Å². The molecular formula is C25H26N2O5S. The summed E-state index contributed by atoms with van der Waals surface area (Å²) in [5.74, 6) is -1.58. The topological polar surface area (TPSA) is 97.8 Å². The number of methoxy groups -OCH3 is 1. The van der Waals surface area contributed by atoms with Crippen LogP contribution in [0.15, 0.2) is 77.8 Å². The number of aromatic nitrogens is 1. The molecule has 0 aliphatic heterocycles. The van der Waals surface area contributed by atoms with Crippen molar-refractivity contribution >= 4 is 23.6 Å². The highest BCUT2D eigenvalue weighted by molar-refractivity contribution is 7.99. The van der Waals surface area contributed by atoms with Crippen LogP contribution in [0.5, 0.6) is 11.5 Å². The van der Waals surface area contributed by atoms with E-state index in [9.17, 15) is 14.7 Å². The first-order chi connectivity index (χ1) is 15.9. The van der Waals surface area contributed by atoms with Gasteiger partial charge < -0.3 is 19.9 Å². The quantitative estimate of drug-likeness (QED) is 0.357. The summed E-state index contributed by atoms with van der Waals surface area (Å²) in [6.45, 7) is 3.35. The van der Waals surface area contributed by atoms with E-state index in [2.05, 4.69) is 10.3 Å². The number of esters is 1. The summed E-state index contributed by atoms with van der Waals surface area (Å²) < 4.78 is 10.7. The molecule has 3 rings (SSSR count). The van der Waals surface area contributed by atoms with Crippen LogP contribution in [0.25, 0.3) is 0 Å². The third kappa shape index (κ3) is 6.26. The van der Waals surface area contributed by atoms with Crippen molar-refractivity contribution in [3.8, 4) is 11.5 Å². The highest BCUT2D eigenvalue weighted by Crippen LogP contribution is 2.39. The first-order valence-corrected chi connectivity index (χ1v) is 11.3. The number of nitrogens with zero attached hydrogens (tertiary/aromatic N) is 1. The minimum Gasteiger partial charge on any atom is -0.503 e. The molecule has 1 heterocycles. The Morgan fingerprint density at radius 3 is 2.27 bits per heavy atom. The molecule has 0 spiro atoms. The number of benzene rings is 2. The van der Waals surface area contributed by atoms with Crippen molar-refractivity contribution in [3.05, 3.63) is 84.2 Å².